The van der Waals surface area contributed by atoms with Crippen molar-refractivity contribution in [3.63, 3.8) is 0 Å². The van der Waals surface area contributed by atoms with Crippen molar-refractivity contribution in [2.75, 3.05) is 13.2 Å². The third kappa shape index (κ3) is 2.95. The molecule has 0 aliphatic carbocycles. The zero-order valence-electron chi connectivity index (χ0n) is 12.2. The molecule has 1 aliphatic heterocycles. The lowest BCUT2D eigenvalue weighted by molar-refractivity contribution is -0.0170. The molecule has 0 aromatic heterocycles. The highest BCUT2D eigenvalue weighted by atomic mass is 32.2. The molecule has 1 N–H and O–H groups in total. The molecule has 21 heavy (non-hydrogen) atoms. The van der Waals surface area contributed by atoms with Crippen molar-refractivity contribution in [3.8, 4) is 0 Å². The average molecular weight is 313 g/mol. The lowest BCUT2D eigenvalue weighted by atomic mass is 10.1. The number of ether oxygens (including phenoxy) is 1. The second kappa shape index (κ2) is 5.75. The van der Waals surface area contributed by atoms with E-state index in [9.17, 15) is 13.2 Å². The number of carboxylic acid groups (broad SMARTS) is 1. The van der Waals surface area contributed by atoms with Crippen LogP contribution in [0.2, 0.25) is 0 Å². The number of rotatable bonds is 3. The van der Waals surface area contributed by atoms with Crippen molar-refractivity contribution >= 4 is 16.0 Å². The minimum absolute atomic E-state index is 0.00466. The number of carbonyl (C=O) groups is 1. The van der Waals surface area contributed by atoms with E-state index >= 15 is 0 Å². The topological polar surface area (TPSA) is 83.9 Å². The van der Waals surface area contributed by atoms with Gasteiger partial charge in [0.1, 0.15) is 0 Å². The molecule has 7 heteroatoms. The lowest BCUT2D eigenvalue weighted by Crippen LogP contribution is -2.50. The zero-order chi connectivity index (χ0) is 15.8. The number of carboxylic acids is 1. The van der Waals surface area contributed by atoms with E-state index in [1.54, 1.807) is 6.92 Å². The van der Waals surface area contributed by atoms with Gasteiger partial charge in [-0.1, -0.05) is 6.07 Å². The van der Waals surface area contributed by atoms with Gasteiger partial charge in [-0.05, 0) is 38.5 Å². The summed E-state index contributed by atoms with van der Waals surface area (Å²) in [6.45, 7) is 5.71. The monoisotopic (exact) mass is 313 g/mol. The standard InChI is InChI=1S/C14H19NO5S/c1-9-8-20-10(2)7-15(9)21(18,19)13-6-4-5-12(11(13)3)14(16)17/h4-6,9-10H,7-8H2,1-3H3,(H,16,17). The summed E-state index contributed by atoms with van der Waals surface area (Å²) in [6, 6.07) is 4.03. The van der Waals surface area contributed by atoms with Gasteiger partial charge in [-0.2, -0.15) is 4.31 Å². The Labute approximate surface area is 124 Å². The third-order valence-corrected chi connectivity index (χ3v) is 5.78. The lowest BCUT2D eigenvalue weighted by Gasteiger charge is -2.36. The Morgan fingerprint density at radius 2 is 2.05 bits per heavy atom. The van der Waals surface area contributed by atoms with Crippen molar-refractivity contribution in [1.82, 2.24) is 4.31 Å². The van der Waals surface area contributed by atoms with Crippen LogP contribution in [0.4, 0.5) is 0 Å². The van der Waals surface area contributed by atoms with Crippen LogP contribution in [0.25, 0.3) is 0 Å². The molecule has 0 bridgehead atoms. The molecule has 2 atom stereocenters. The largest absolute Gasteiger partial charge is 0.478 e. The van der Waals surface area contributed by atoms with Gasteiger partial charge in [0.2, 0.25) is 10.0 Å². The van der Waals surface area contributed by atoms with Crippen LogP contribution < -0.4 is 0 Å². The van der Waals surface area contributed by atoms with E-state index in [1.165, 1.54) is 29.4 Å². The maximum Gasteiger partial charge on any atom is 0.335 e. The molecule has 116 valence electrons. The van der Waals surface area contributed by atoms with Crippen LogP contribution >= 0.6 is 0 Å². The summed E-state index contributed by atoms with van der Waals surface area (Å²) in [7, 11) is -3.74. The normalized spacial score (nSPS) is 24.0. The highest BCUT2D eigenvalue weighted by Gasteiger charge is 2.35. The summed E-state index contributed by atoms with van der Waals surface area (Å²) < 4.78 is 32.5. The summed E-state index contributed by atoms with van der Waals surface area (Å²) in [4.78, 5) is 11.2. The highest BCUT2D eigenvalue weighted by Crippen LogP contribution is 2.26. The minimum atomic E-state index is -3.74. The van der Waals surface area contributed by atoms with Gasteiger partial charge in [-0.3, -0.25) is 0 Å². The molecule has 0 saturated carbocycles. The number of sulfonamides is 1. The minimum Gasteiger partial charge on any atom is -0.478 e. The van der Waals surface area contributed by atoms with Gasteiger partial charge in [0, 0.05) is 12.6 Å². The van der Waals surface area contributed by atoms with E-state index in [1.807, 2.05) is 6.92 Å². The summed E-state index contributed by atoms with van der Waals surface area (Å²) in [5, 5.41) is 9.13. The van der Waals surface area contributed by atoms with E-state index in [0.29, 0.717) is 6.61 Å². The van der Waals surface area contributed by atoms with E-state index < -0.39 is 16.0 Å². The second-order valence-electron chi connectivity index (χ2n) is 5.30. The molecule has 1 aromatic carbocycles. The number of hydrogen-bond donors (Lipinski definition) is 1. The molecule has 2 rings (SSSR count). The number of hydrogen-bond acceptors (Lipinski definition) is 4. The molecular formula is C14H19NO5S. The summed E-state index contributed by atoms with van der Waals surface area (Å²) in [6.07, 6.45) is -0.182. The summed E-state index contributed by atoms with van der Waals surface area (Å²) >= 11 is 0. The van der Waals surface area contributed by atoms with Crippen LogP contribution in [0.1, 0.15) is 29.8 Å². The van der Waals surface area contributed by atoms with Crippen LogP contribution in [0.15, 0.2) is 23.1 Å². The zero-order valence-corrected chi connectivity index (χ0v) is 13.1. The first-order valence-corrected chi connectivity index (χ1v) is 8.15. The van der Waals surface area contributed by atoms with Gasteiger partial charge < -0.3 is 9.84 Å². The van der Waals surface area contributed by atoms with Gasteiger partial charge in [0.15, 0.2) is 0 Å². The number of nitrogens with zero attached hydrogens (tertiary/aromatic N) is 1. The molecule has 1 heterocycles. The Morgan fingerprint density at radius 3 is 2.67 bits per heavy atom. The fourth-order valence-corrected chi connectivity index (χ4v) is 4.40. The Balaban J connectivity index is 2.49. The SMILES string of the molecule is Cc1c(C(=O)O)cccc1S(=O)(=O)N1CC(C)OCC1C. The molecular weight excluding hydrogens is 294 g/mol. The second-order valence-corrected chi connectivity index (χ2v) is 7.16. The number of morpholine rings is 1. The number of benzene rings is 1. The quantitative estimate of drug-likeness (QED) is 0.914. The molecule has 1 saturated heterocycles. The maximum atomic E-state index is 12.8. The molecule has 1 aliphatic rings. The molecule has 0 radical (unpaired) electrons. The summed E-state index contributed by atoms with van der Waals surface area (Å²) in [5.74, 6) is -1.13. The molecule has 6 nitrogen and oxygen atoms in total. The van der Waals surface area contributed by atoms with Crippen LogP contribution in [0.5, 0.6) is 0 Å². The maximum absolute atomic E-state index is 12.8. The Bertz CT molecular complexity index is 655. The molecule has 1 aromatic rings. The van der Waals surface area contributed by atoms with Crippen molar-refractivity contribution in [3.05, 3.63) is 29.3 Å². The first-order valence-electron chi connectivity index (χ1n) is 6.71. The average Bonchev–Trinajstić information content (AvgIpc) is 2.41. The van der Waals surface area contributed by atoms with Crippen LogP contribution in [-0.2, 0) is 14.8 Å². The van der Waals surface area contributed by atoms with Crippen LogP contribution in [-0.4, -0.2) is 49.1 Å². The molecule has 0 spiro atoms. The van der Waals surface area contributed by atoms with Gasteiger partial charge in [0.05, 0.1) is 23.2 Å². The van der Waals surface area contributed by atoms with E-state index in [2.05, 4.69) is 0 Å². The predicted molar refractivity (Wildman–Crippen MR) is 76.9 cm³/mol. The fraction of sp³-hybridized carbons (Fsp3) is 0.500. The van der Waals surface area contributed by atoms with E-state index in [-0.39, 0.29) is 34.7 Å². The first kappa shape index (κ1) is 15.9. The molecule has 1 fully saturated rings. The van der Waals surface area contributed by atoms with Crippen molar-refractivity contribution in [2.45, 2.75) is 37.8 Å². The number of aromatic carboxylic acids is 1. The Morgan fingerprint density at radius 1 is 1.38 bits per heavy atom. The van der Waals surface area contributed by atoms with E-state index in [4.69, 9.17) is 9.84 Å². The van der Waals surface area contributed by atoms with Crippen molar-refractivity contribution < 1.29 is 23.1 Å². The first-order chi connectivity index (χ1) is 9.75. The van der Waals surface area contributed by atoms with Crippen molar-refractivity contribution in [1.29, 1.82) is 0 Å². The van der Waals surface area contributed by atoms with Gasteiger partial charge in [-0.25, -0.2) is 13.2 Å². The van der Waals surface area contributed by atoms with Gasteiger partial charge in [-0.15, -0.1) is 0 Å². The van der Waals surface area contributed by atoms with Crippen LogP contribution in [0.3, 0.4) is 0 Å². The Kier molecular flexibility index (Phi) is 4.36. The predicted octanol–water partition coefficient (Wildman–Crippen LogP) is 1.49. The van der Waals surface area contributed by atoms with Crippen molar-refractivity contribution in [2.24, 2.45) is 0 Å². The fourth-order valence-electron chi connectivity index (χ4n) is 2.46. The van der Waals surface area contributed by atoms with Gasteiger partial charge in [0.25, 0.3) is 0 Å². The smallest absolute Gasteiger partial charge is 0.335 e. The van der Waals surface area contributed by atoms with Crippen LogP contribution in [0, 0.1) is 6.92 Å². The highest BCUT2D eigenvalue weighted by molar-refractivity contribution is 7.89. The molecule has 2 unspecified atom stereocenters. The summed E-state index contributed by atoms with van der Waals surface area (Å²) in [5.41, 5.74) is 0.265. The third-order valence-electron chi connectivity index (χ3n) is 3.65. The Hall–Kier alpha value is -1.44. The van der Waals surface area contributed by atoms with Gasteiger partial charge >= 0.3 is 5.97 Å². The molecule has 0 amide bonds. The van der Waals surface area contributed by atoms with E-state index in [0.717, 1.165) is 0 Å².